The van der Waals surface area contributed by atoms with E-state index < -0.39 is 16.8 Å². The van der Waals surface area contributed by atoms with Crippen LogP contribution in [0.15, 0.2) is 18.2 Å². The lowest BCUT2D eigenvalue weighted by Crippen LogP contribution is -2.63. The largest absolute Gasteiger partial charge is 0.478 e. The number of nitro groups is 1. The average molecular weight is 419 g/mol. The van der Waals surface area contributed by atoms with E-state index in [1.807, 2.05) is 0 Å². The maximum atomic E-state index is 11.9. The Hall–Kier alpha value is -1.73. The van der Waals surface area contributed by atoms with Crippen molar-refractivity contribution in [1.82, 2.24) is 0 Å². The van der Waals surface area contributed by atoms with Crippen LogP contribution in [-0.4, -0.2) is 32.6 Å². The minimum absolute atomic E-state index is 0.00292. The molecule has 3 radical (unpaired) electrons. The summed E-state index contributed by atoms with van der Waals surface area (Å²) in [6.07, 6.45) is 2.29. The molecule has 0 amide bonds. The van der Waals surface area contributed by atoms with Crippen molar-refractivity contribution in [2.75, 3.05) is 0 Å². The number of hydrogen-bond acceptors (Lipinski definition) is 4. The first-order chi connectivity index (χ1) is 13.5. The lowest BCUT2D eigenvalue weighted by Gasteiger charge is -2.64. The molecule has 0 spiro atoms. The first-order valence-electron chi connectivity index (χ1n) is 10.3. The standard InChI is InChI=1S/C22H32NO5Si/c1-13(2)19(28-29)22(14(3)4,15(5)6)21(10-7-11-21)17-12-16(20(24)25)8-9-18(17)23(26)27/h8-9,12-15,19H,7,10-11H2,1-6H3,(H,24,25). The van der Waals surface area contributed by atoms with Crippen molar-refractivity contribution in [3.05, 3.63) is 39.4 Å². The first-order valence-corrected chi connectivity index (χ1v) is 10.7. The van der Waals surface area contributed by atoms with Crippen molar-refractivity contribution < 1.29 is 19.3 Å². The number of hydrogen-bond donors (Lipinski definition) is 1. The Morgan fingerprint density at radius 1 is 1.21 bits per heavy atom. The zero-order valence-electron chi connectivity index (χ0n) is 18.2. The highest BCUT2D eigenvalue weighted by Gasteiger charge is 2.64. The number of nitrogens with zero attached hydrogens (tertiary/aromatic N) is 1. The van der Waals surface area contributed by atoms with Crippen molar-refractivity contribution in [2.45, 2.75) is 72.3 Å². The average Bonchev–Trinajstić information content (AvgIpc) is 2.58. The molecule has 29 heavy (non-hydrogen) atoms. The third-order valence-electron chi connectivity index (χ3n) is 7.11. The molecule has 0 bridgehead atoms. The molecule has 0 heterocycles. The van der Waals surface area contributed by atoms with Crippen LogP contribution in [0.2, 0.25) is 0 Å². The molecule has 7 heteroatoms. The molecule has 0 aliphatic heterocycles. The second kappa shape index (κ2) is 8.56. The SMILES string of the molecule is CC(C)C(O[Si])C(C(C)C)(C(C)C)C1(c2cc(C(=O)O)ccc2[N+](=O)[O-])CCC1. The molecule has 1 aromatic rings. The van der Waals surface area contributed by atoms with E-state index in [9.17, 15) is 20.0 Å². The van der Waals surface area contributed by atoms with Crippen molar-refractivity contribution in [2.24, 2.45) is 23.2 Å². The van der Waals surface area contributed by atoms with E-state index in [-0.39, 0.29) is 40.0 Å². The van der Waals surface area contributed by atoms with E-state index in [1.165, 1.54) is 18.2 Å². The Morgan fingerprint density at radius 3 is 2.07 bits per heavy atom. The maximum absolute atomic E-state index is 11.9. The predicted octanol–water partition coefficient (Wildman–Crippen LogP) is 5.14. The number of rotatable bonds is 9. The molecule has 1 N–H and O–H groups in total. The Morgan fingerprint density at radius 2 is 1.76 bits per heavy atom. The van der Waals surface area contributed by atoms with Crippen molar-refractivity contribution >= 4 is 22.1 Å². The molecule has 1 aromatic carbocycles. The van der Waals surface area contributed by atoms with Crippen LogP contribution in [-0.2, 0) is 9.84 Å². The van der Waals surface area contributed by atoms with Crippen LogP contribution in [0, 0.1) is 33.3 Å². The van der Waals surface area contributed by atoms with Gasteiger partial charge in [0, 0.05) is 22.5 Å². The van der Waals surface area contributed by atoms with E-state index in [4.69, 9.17) is 4.43 Å². The van der Waals surface area contributed by atoms with Crippen LogP contribution in [0.4, 0.5) is 5.69 Å². The van der Waals surface area contributed by atoms with Gasteiger partial charge in [-0.1, -0.05) is 48.0 Å². The predicted molar refractivity (Wildman–Crippen MR) is 113 cm³/mol. The van der Waals surface area contributed by atoms with Gasteiger partial charge in [-0.15, -0.1) is 0 Å². The summed E-state index contributed by atoms with van der Waals surface area (Å²) in [7, 11) is 3.32. The van der Waals surface area contributed by atoms with E-state index >= 15 is 0 Å². The second-order valence-electron chi connectivity index (χ2n) is 9.25. The number of carboxylic acid groups (broad SMARTS) is 1. The van der Waals surface area contributed by atoms with Gasteiger partial charge in [0.1, 0.15) is 0 Å². The van der Waals surface area contributed by atoms with Gasteiger partial charge in [0.25, 0.3) is 5.69 Å². The monoisotopic (exact) mass is 418 g/mol. The van der Waals surface area contributed by atoms with Crippen LogP contribution in [0.3, 0.4) is 0 Å². The van der Waals surface area contributed by atoms with Crippen LogP contribution < -0.4 is 0 Å². The summed E-state index contributed by atoms with van der Waals surface area (Å²) in [6, 6.07) is 4.21. The zero-order chi connectivity index (χ0) is 22.1. The van der Waals surface area contributed by atoms with E-state index in [1.54, 1.807) is 0 Å². The van der Waals surface area contributed by atoms with Gasteiger partial charge in [-0.2, -0.15) is 0 Å². The minimum Gasteiger partial charge on any atom is -0.478 e. The second-order valence-corrected chi connectivity index (χ2v) is 9.49. The summed E-state index contributed by atoms with van der Waals surface area (Å²) < 4.78 is 5.90. The molecular weight excluding hydrogens is 386 g/mol. The molecule has 1 aliphatic carbocycles. The van der Waals surface area contributed by atoms with Crippen LogP contribution >= 0.6 is 0 Å². The van der Waals surface area contributed by atoms with Gasteiger partial charge in [0.05, 0.1) is 16.6 Å². The van der Waals surface area contributed by atoms with Gasteiger partial charge in [0.2, 0.25) is 10.5 Å². The fraction of sp³-hybridized carbons (Fsp3) is 0.682. The zero-order valence-corrected chi connectivity index (χ0v) is 19.2. The molecule has 1 atom stereocenters. The summed E-state index contributed by atoms with van der Waals surface area (Å²) >= 11 is 0. The molecule has 0 aromatic heterocycles. The Kier molecular flexibility index (Phi) is 6.95. The molecule has 0 saturated heterocycles. The van der Waals surface area contributed by atoms with Crippen molar-refractivity contribution in [3.8, 4) is 0 Å². The van der Waals surface area contributed by atoms with E-state index in [2.05, 4.69) is 52.0 Å². The molecule has 6 nitrogen and oxygen atoms in total. The topological polar surface area (TPSA) is 89.7 Å². The Labute approximate surface area is 176 Å². The van der Waals surface area contributed by atoms with Gasteiger partial charge >= 0.3 is 5.97 Å². The van der Waals surface area contributed by atoms with Crippen molar-refractivity contribution in [1.29, 1.82) is 0 Å². The van der Waals surface area contributed by atoms with Crippen LogP contribution in [0.5, 0.6) is 0 Å². The highest BCUT2D eigenvalue weighted by Crippen LogP contribution is 2.65. The van der Waals surface area contributed by atoms with Gasteiger partial charge in [-0.25, -0.2) is 4.79 Å². The quantitative estimate of drug-likeness (QED) is 0.341. The number of nitro benzene ring substituents is 1. The highest BCUT2D eigenvalue weighted by molar-refractivity contribution is 5.98. The molecule has 1 saturated carbocycles. The summed E-state index contributed by atoms with van der Waals surface area (Å²) in [6.45, 7) is 12.8. The summed E-state index contributed by atoms with van der Waals surface area (Å²) in [5.74, 6) is -0.608. The first kappa shape index (κ1) is 23.5. The van der Waals surface area contributed by atoms with Gasteiger partial charge in [-0.3, -0.25) is 10.1 Å². The smallest absolute Gasteiger partial charge is 0.335 e. The van der Waals surface area contributed by atoms with Gasteiger partial charge in [0.15, 0.2) is 0 Å². The summed E-state index contributed by atoms with van der Waals surface area (Å²) in [5.41, 5.74) is -0.352. The van der Waals surface area contributed by atoms with Gasteiger partial charge in [-0.05, 0) is 42.7 Å². The van der Waals surface area contributed by atoms with E-state index in [0.29, 0.717) is 5.56 Å². The summed E-state index contributed by atoms with van der Waals surface area (Å²) in [5, 5.41) is 21.5. The molecular formula is C22H32NO5Si. The number of aromatic carboxylic acids is 1. The third kappa shape index (κ3) is 3.52. The molecule has 1 fully saturated rings. The maximum Gasteiger partial charge on any atom is 0.335 e. The molecule has 1 unspecified atom stereocenters. The molecule has 2 rings (SSSR count). The number of carboxylic acids is 1. The molecule has 1 aliphatic rings. The Balaban J connectivity index is 2.93. The molecule has 159 valence electrons. The van der Waals surface area contributed by atoms with E-state index in [0.717, 1.165) is 19.3 Å². The Bertz CT molecular complexity index is 762. The lowest BCUT2D eigenvalue weighted by molar-refractivity contribution is -0.386. The third-order valence-corrected chi connectivity index (χ3v) is 7.36. The number of carbonyl (C=O) groups is 1. The number of benzene rings is 1. The highest BCUT2D eigenvalue weighted by atomic mass is 28.2. The van der Waals surface area contributed by atoms with Crippen LogP contribution in [0.1, 0.15) is 76.7 Å². The minimum atomic E-state index is -1.08. The summed E-state index contributed by atoms with van der Waals surface area (Å²) in [4.78, 5) is 23.2. The fourth-order valence-corrected chi connectivity index (χ4v) is 6.63. The normalized spacial score (nSPS) is 17.4. The van der Waals surface area contributed by atoms with Crippen LogP contribution in [0.25, 0.3) is 0 Å². The lowest BCUT2D eigenvalue weighted by atomic mass is 9.41. The van der Waals surface area contributed by atoms with Crippen molar-refractivity contribution in [3.63, 3.8) is 0 Å². The fourth-order valence-electron chi connectivity index (χ4n) is 6.16. The van der Waals surface area contributed by atoms with Gasteiger partial charge < -0.3 is 9.53 Å².